The fourth-order valence-electron chi connectivity index (χ4n) is 3.53. The highest BCUT2D eigenvalue weighted by Crippen LogP contribution is 2.42. The number of hydrogen-bond acceptors (Lipinski definition) is 5. The van der Waals surface area contributed by atoms with E-state index in [9.17, 15) is 14.7 Å². The molecular weight excluding hydrogens is 368 g/mol. The largest absolute Gasteiger partial charge is 0.492 e. The molecule has 0 saturated carbocycles. The summed E-state index contributed by atoms with van der Waals surface area (Å²) in [5.41, 5.74) is -0.523. The van der Waals surface area contributed by atoms with Crippen molar-refractivity contribution < 1.29 is 19.4 Å². The molecule has 6 nitrogen and oxygen atoms in total. The van der Waals surface area contributed by atoms with Crippen LogP contribution >= 0.6 is 0 Å². The number of carbonyl (C=O) groups excluding carboxylic acids is 2. The van der Waals surface area contributed by atoms with Crippen LogP contribution in [-0.4, -0.2) is 34.9 Å². The highest BCUT2D eigenvalue weighted by atomic mass is 16.5. The monoisotopic (exact) mass is 388 g/mol. The molecule has 29 heavy (non-hydrogen) atoms. The molecule has 1 amide bonds. The van der Waals surface area contributed by atoms with Gasteiger partial charge in [-0.15, -0.1) is 0 Å². The van der Waals surface area contributed by atoms with Crippen molar-refractivity contribution in [2.45, 2.75) is 12.0 Å². The number of amides is 1. The van der Waals surface area contributed by atoms with Gasteiger partial charge in [-0.05, 0) is 30.3 Å². The molecule has 2 aromatic carbocycles. The number of fused-ring (bicyclic) bond motifs is 1. The molecule has 2 heterocycles. The number of benzene rings is 2. The molecule has 1 aliphatic heterocycles. The maximum Gasteiger partial charge on any atom is 0.264 e. The van der Waals surface area contributed by atoms with Crippen molar-refractivity contribution in [2.24, 2.45) is 0 Å². The molecule has 146 valence electrons. The van der Waals surface area contributed by atoms with E-state index in [1.54, 1.807) is 42.6 Å². The molecule has 0 aliphatic carbocycles. The van der Waals surface area contributed by atoms with Gasteiger partial charge in [0.15, 0.2) is 11.4 Å². The first-order valence-corrected chi connectivity index (χ1v) is 9.34. The van der Waals surface area contributed by atoms with Gasteiger partial charge >= 0.3 is 0 Å². The summed E-state index contributed by atoms with van der Waals surface area (Å²) in [7, 11) is 0. The maximum atomic E-state index is 13.1. The maximum absolute atomic E-state index is 13.1. The summed E-state index contributed by atoms with van der Waals surface area (Å²) in [6, 6.07) is 19.6. The van der Waals surface area contributed by atoms with E-state index in [0.29, 0.717) is 22.6 Å². The summed E-state index contributed by atoms with van der Waals surface area (Å²) >= 11 is 0. The SMILES string of the molecule is O=C(CC1(O)C(=O)N(CCOc2ccccc2)c2ccccc21)c1cccnc1. The Morgan fingerprint density at radius 3 is 2.55 bits per heavy atom. The number of Topliss-reactive ketones (excluding diaryl/α,β-unsaturated/α-hetero) is 1. The van der Waals surface area contributed by atoms with E-state index in [1.165, 1.54) is 11.1 Å². The number of pyridine rings is 1. The second kappa shape index (κ2) is 7.85. The third-order valence-corrected chi connectivity index (χ3v) is 4.97. The highest BCUT2D eigenvalue weighted by Gasteiger charge is 2.50. The zero-order valence-electron chi connectivity index (χ0n) is 15.7. The van der Waals surface area contributed by atoms with Crippen molar-refractivity contribution in [2.75, 3.05) is 18.1 Å². The van der Waals surface area contributed by atoms with Gasteiger partial charge in [0.1, 0.15) is 12.4 Å². The van der Waals surface area contributed by atoms with E-state index in [0.717, 1.165) is 0 Å². The summed E-state index contributed by atoms with van der Waals surface area (Å²) in [4.78, 5) is 31.2. The van der Waals surface area contributed by atoms with E-state index < -0.39 is 11.5 Å². The molecule has 0 fully saturated rings. The minimum absolute atomic E-state index is 0.258. The number of anilines is 1. The molecule has 3 aromatic rings. The lowest BCUT2D eigenvalue weighted by Gasteiger charge is -2.22. The van der Waals surface area contributed by atoms with Crippen molar-refractivity contribution in [3.8, 4) is 5.75 Å². The van der Waals surface area contributed by atoms with E-state index >= 15 is 0 Å². The normalized spacial score (nSPS) is 17.8. The van der Waals surface area contributed by atoms with Gasteiger partial charge in [-0.25, -0.2) is 0 Å². The summed E-state index contributed by atoms with van der Waals surface area (Å²) in [6.07, 6.45) is 2.66. The summed E-state index contributed by atoms with van der Waals surface area (Å²) in [6.45, 7) is 0.519. The number of ether oxygens (including phenoxy) is 1. The average molecular weight is 388 g/mol. The average Bonchev–Trinajstić information content (AvgIpc) is 2.97. The van der Waals surface area contributed by atoms with Crippen LogP contribution in [0.4, 0.5) is 5.69 Å². The molecule has 4 rings (SSSR count). The summed E-state index contributed by atoms with van der Waals surface area (Å²) in [5.74, 6) is -0.159. The van der Waals surface area contributed by atoms with E-state index in [1.807, 2.05) is 30.3 Å². The van der Waals surface area contributed by atoms with Gasteiger partial charge in [0.05, 0.1) is 18.7 Å². The van der Waals surface area contributed by atoms with Crippen LogP contribution in [-0.2, 0) is 10.4 Å². The number of nitrogens with zero attached hydrogens (tertiary/aromatic N) is 2. The number of rotatable bonds is 7. The summed E-state index contributed by atoms with van der Waals surface area (Å²) in [5, 5.41) is 11.3. The molecule has 1 atom stereocenters. The lowest BCUT2D eigenvalue weighted by Crippen LogP contribution is -2.43. The predicted octanol–water partition coefficient (Wildman–Crippen LogP) is 2.97. The van der Waals surface area contributed by atoms with Gasteiger partial charge in [-0.1, -0.05) is 36.4 Å². The fourth-order valence-corrected chi connectivity index (χ4v) is 3.53. The molecule has 0 bridgehead atoms. The van der Waals surface area contributed by atoms with Gasteiger partial charge in [0, 0.05) is 23.5 Å². The zero-order valence-corrected chi connectivity index (χ0v) is 15.7. The summed E-state index contributed by atoms with van der Waals surface area (Å²) < 4.78 is 5.70. The van der Waals surface area contributed by atoms with Crippen molar-refractivity contribution in [1.82, 2.24) is 4.98 Å². The van der Waals surface area contributed by atoms with Crippen LogP contribution < -0.4 is 9.64 Å². The van der Waals surface area contributed by atoms with Crippen LogP contribution in [0.25, 0.3) is 0 Å². The van der Waals surface area contributed by atoms with Gasteiger partial charge in [0.25, 0.3) is 5.91 Å². The molecular formula is C23H20N2O4. The third-order valence-electron chi connectivity index (χ3n) is 4.97. The molecule has 1 unspecified atom stereocenters. The van der Waals surface area contributed by atoms with E-state index in [2.05, 4.69) is 4.98 Å². The Morgan fingerprint density at radius 1 is 1.03 bits per heavy atom. The molecule has 1 N–H and O–H groups in total. The Hall–Kier alpha value is -3.51. The Labute approximate surface area is 168 Å². The van der Waals surface area contributed by atoms with Gasteiger partial charge < -0.3 is 14.7 Å². The Balaban J connectivity index is 1.54. The highest BCUT2D eigenvalue weighted by molar-refractivity contribution is 6.10. The first kappa shape index (κ1) is 18.8. The smallest absolute Gasteiger partial charge is 0.264 e. The van der Waals surface area contributed by atoms with Crippen LogP contribution in [0, 0.1) is 0 Å². The van der Waals surface area contributed by atoms with Crippen molar-refractivity contribution in [3.05, 3.63) is 90.3 Å². The van der Waals surface area contributed by atoms with Gasteiger partial charge in [0.2, 0.25) is 0 Å². The van der Waals surface area contributed by atoms with Gasteiger partial charge in [-0.3, -0.25) is 14.6 Å². The van der Waals surface area contributed by atoms with Crippen molar-refractivity contribution >= 4 is 17.4 Å². The Morgan fingerprint density at radius 2 is 1.79 bits per heavy atom. The van der Waals surface area contributed by atoms with Gasteiger partial charge in [-0.2, -0.15) is 0 Å². The second-order valence-corrected chi connectivity index (χ2v) is 6.84. The number of aliphatic hydroxyl groups is 1. The molecule has 1 aliphatic rings. The predicted molar refractivity (Wildman–Crippen MR) is 108 cm³/mol. The molecule has 1 aromatic heterocycles. The molecule has 0 radical (unpaired) electrons. The van der Waals surface area contributed by atoms with E-state index in [-0.39, 0.29) is 25.4 Å². The van der Waals surface area contributed by atoms with Crippen molar-refractivity contribution in [1.29, 1.82) is 0 Å². The third kappa shape index (κ3) is 3.62. The van der Waals surface area contributed by atoms with Crippen molar-refractivity contribution in [3.63, 3.8) is 0 Å². The number of carbonyl (C=O) groups is 2. The minimum atomic E-state index is -1.91. The number of aromatic nitrogens is 1. The number of para-hydroxylation sites is 2. The van der Waals surface area contributed by atoms with E-state index in [4.69, 9.17) is 4.74 Å². The zero-order chi connectivity index (χ0) is 20.3. The van der Waals surface area contributed by atoms with Crippen LogP contribution in [0.5, 0.6) is 5.75 Å². The second-order valence-electron chi connectivity index (χ2n) is 6.84. The van der Waals surface area contributed by atoms with Crippen LogP contribution in [0.3, 0.4) is 0 Å². The Kier molecular flexibility index (Phi) is 5.10. The minimum Gasteiger partial charge on any atom is -0.492 e. The Bertz CT molecular complexity index is 1020. The molecule has 6 heteroatoms. The number of hydrogen-bond donors (Lipinski definition) is 1. The fraction of sp³-hybridized carbons (Fsp3) is 0.174. The topological polar surface area (TPSA) is 79.7 Å². The lowest BCUT2D eigenvalue weighted by atomic mass is 9.88. The van der Waals surface area contributed by atoms with Crippen LogP contribution in [0.2, 0.25) is 0 Å². The first-order valence-electron chi connectivity index (χ1n) is 9.34. The first-order chi connectivity index (χ1) is 14.1. The van der Waals surface area contributed by atoms with Crippen LogP contribution in [0.15, 0.2) is 79.1 Å². The standard InChI is InChI=1S/C23H20N2O4/c26-21(17-7-6-12-24-16-17)15-23(28)19-10-4-5-11-20(19)25(22(23)27)13-14-29-18-8-2-1-3-9-18/h1-12,16,28H,13-15H2. The number of ketones is 1. The quantitative estimate of drug-likeness (QED) is 0.630. The van der Waals surface area contributed by atoms with Crippen LogP contribution in [0.1, 0.15) is 22.3 Å². The lowest BCUT2D eigenvalue weighted by molar-refractivity contribution is -0.135. The molecule has 0 saturated heterocycles. The molecule has 0 spiro atoms.